The molecule has 0 aliphatic heterocycles. The van der Waals surface area contributed by atoms with Crippen molar-refractivity contribution in [2.75, 3.05) is 12.0 Å². The maximum Gasteiger partial charge on any atom is 0.273 e. The van der Waals surface area contributed by atoms with Gasteiger partial charge in [-0.05, 0) is 13.8 Å². The normalized spacial score (nSPS) is 14.0. The van der Waals surface area contributed by atoms with E-state index in [1.165, 1.54) is 13.8 Å². The van der Waals surface area contributed by atoms with E-state index in [4.69, 9.17) is 10.7 Å². The molecule has 114 valence electrons. The van der Waals surface area contributed by atoms with Gasteiger partial charge in [0.2, 0.25) is 0 Å². The lowest BCUT2D eigenvalue weighted by molar-refractivity contribution is 0.0935. The van der Waals surface area contributed by atoms with Gasteiger partial charge < -0.3 is 5.32 Å². The minimum absolute atomic E-state index is 0.126. The molecular weight excluding hydrogens is 330 g/mol. The fraction of sp³-hybridized carbons (Fsp3) is 0.556. The highest BCUT2D eigenvalue weighted by atomic mass is 35.7. The third-order valence-corrected chi connectivity index (χ3v) is 4.84. The van der Waals surface area contributed by atoms with Crippen LogP contribution in [0.2, 0.25) is 0 Å². The smallest absolute Gasteiger partial charge is 0.273 e. The van der Waals surface area contributed by atoms with Gasteiger partial charge in [0.05, 0.1) is 11.4 Å². The van der Waals surface area contributed by atoms with E-state index in [1.807, 2.05) is 0 Å². The molecule has 0 aromatic carbocycles. The summed E-state index contributed by atoms with van der Waals surface area (Å²) in [4.78, 5) is 11.5. The lowest BCUT2D eigenvalue weighted by Gasteiger charge is -2.11. The van der Waals surface area contributed by atoms with Crippen molar-refractivity contribution in [2.45, 2.75) is 24.8 Å². The molecule has 11 heteroatoms. The van der Waals surface area contributed by atoms with Crippen LogP contribution in [0.25, 0.3) is 0 Å². The average molecular weight is 344 g/mol. The van der Waals surface area contributed by atoms with Gasteiger partial charge in [0, 0.05) is 23.0 Å². The van der Waals surface area contributed by atoms with Gasteiger partial charge in [-0.3, -0.25) is 9.89 Å². The molecule has 0 fully saturated rings. The average Bonchev–Trinajstić information content (AvgIpc) is 2.55. The Labute approximate surface area is 121 Å². The largest absolute Gasteiger partial charge is 0.347 e. The first-order chi connectivity index (χ1) is 8.92. The van der Waals surface area contributed by atoms with Crippen molar-refractivity contribution in [1.82, 2.24) is 15.5 Å². The molecule has 0 saturated heterocycles. The van der Waals surface area contributed by atoms with Crippen LogP contribution in [0.15, 0.2) is 4.90 Å². The Balaban J connectivity index is 3.01. The fourth-order valence-electron chi connectivity index (χ4n) is 1.66. The van der Waals surface area contributed by atoms with Gasteiger partial charge in [-0.2, -0.15) is 5.10 Å². The van der Waals surface area contributed by atoms with Crippen molar-refractivity contribution < 1.29 is 21.6 Å². The van der Waals surface area contributed by atoms with Crippen LogP contribution in [0.1, 0.15) is 23.1 Å². The highest BCUT2D eigenvalue weighted by Gasteiger charge is 2.27. The van der Waals surface area contributed by atoms with Gasteiger partial charge in [0.1, 0.15) is 14.7 Å². The summed E-state index contributed by atoms with van der Waals surface area (Å²) in [5.74, 6) is -1.09. The Morgan fingerprint density at radius 2 is 1.95 bits per heavy atom. The summed E-state index contributed by atoms with van der Waals surface area (Å²) >= 11 is 0. The number of nitrogens with one attached hydrogen (secondary N) is 2. The van der Waals surface area contributed by atoms with Crippen LogP contribution in [0.5, 0.6) is 0 Å². The standard InChI is InChI=1S/C9H14ClN3O5S2/c1-5(4-19(3,15)16)11-9(14)7-8(20(10,17)18)6(2)12-13-7/h5H,4H2,1-3H3,(H,11,14)(H,12,13). The first-order valence-corrected chi connectivity index (χ1v) is 9.77. The number of amides is 1. The molecule has 0 aliphatic carbocycles. The SMILES string of the molecule is Cc1[nH]nc(C(=O)NC(C)CS(C)(=O)=O)c1S(=O)(=O)Cl. The van der Waals surface area contributed by atoms with E-state index >= 15 is 0 Å². The van der Waals surface area contributed by atoms with Gasteiger partial charge in [-0.1, -0.05) is 0 Å². The summed E-state index contributed by atoms with van der Waals surface area (Å²) < 4.78 is 45.0. The molecule has 1 aromatic heterocycles. The van der Waals surface area contributed by atoms with Crippen LogP contribution in [-0.2, 0) is 18.9 Å². The van der Waals surface area contributed by atoms with Crippen molar-refractivity contribution in [2.24, 2.45) is 0 Å². The number of hydrogen-bond donors (Lipinski definition) is 2. The number of H-pyrrole nitrogens is 1. The van der Waals surface area contributed by atoms with E-state index in [9.17, 15) is 21.6 Å². The Kier molecular flexibility index (Phi) is 4.82. The summed E-state index contributed by atoms with van der Waals surface area (Å²) in [7, 11) is -2.18. The number of halogens is 1. The Bertz CT molecular complexity index is 723. The summed E-state index contributed by atoms with van der Waals surface area (Å²) in [6.45, 7) is 2.88. The number of hydrogen-bond acceptors (Lipinski definition) is 6. The molecule has 0 bridgehead atoms. The molecule has 1 unspecified atom stereocenters. The van der Waals surface area contributed by atoms with Crippen LogP contribution in [0.4, 0.5) is 0 Å². The van der Waals surface area contributed by atoms with Gasteiger partial charge in [-0.25, -0.2) is 16.8 Å². The number of carbonyl (C=O) groups is 1. The lowest BCUT2D eigenvalue weighted by atomic mass is 10.3. The molecule has 0 spiro atoms. The molecule has 1 amide bonds. The topological polar surface area (TPSA) is 126 Å². The number of rotatable bonds is 5. The van der Waals surface area contributed by atoms with Gasteiger partial charge in [0.15, 0.2) is 5.69 Å². The molecule has 20 heavy (non-hydrogen) atoms. The molecule has 8 nitrogen and oxygen atoms in total. The van der Waals surface area contributed by atoms with E-state index < -0.39 is 41.4 Å². The first-order valence-electron chi connectivity index (χ1n) is 5.40. The van der Waals surface area contributed by atoms with E-state index in [0.29, 0.717) is 0 Å². The molecular formula is C9H14ClN3O5S2. The Morgan fingerprint density at radius 3 is 2.40 bits per heavy atom. The highest BCUT2D eigenvalue weighted by molar-refractivity contribution is 8.13. The van der Waals surface area contributed by atoms with Crippen LogP contribution < -0.4 is 5.32 Å². The molecule has 0 radical (unpaired) electrons. The first kappa shape index (κ1) is 16.9. The molecule has 1 atom stereocenters. The predicted molar refractivity (Wildman–Crippen MR) is 73.0 cm³/mol. The zero-order chi connectivity index (χ0) is 15.7. The van der Waals surface area contributed by atoms with E-state index in [2.05, 4.69) is 15.5 Å². The molecule has 1 aromatic rings. The summed E-state index contributed by atoms with van der Waals surface area (Å²) in [6.07, 6.45) is 1.03. The molecule has 2 N–H and O–H groups in total. The van der Waals surface area contributed by atoms with Crippen molar-refractivity contribution in [1.29, 1.82) is 0 Å². The van der Waals surface area contributed by atoms with Crippen molar-refractivity contribution in [3.8, 4) is 0 Å². The minimum Gasteiger partial charge on any atom is -0.347 e. The number of carbonyl (C=O) groups excluding carboxylic acids is 1. The van der Waals surface area contributed by atoms with Crippen LogP contribution >= 0.6 is 10.7 Å². The van der Waals surface area contributed by atoms with Crippen LogP contribution in [-0.4, -0.2) is 51.0 Å². The molecule has 1 heterocycles. The Hall–Kier alpha value is -1.13. The van der Waals surface area contributed by atoms with Gasteiger partial charge in [0.25, 0.3) is 15.0 Å². The fourth-order valence-corrected chi connectivity index (χ4v) is 4.00. The molecule has 1 rings (SSSR count). The monoisotopic (exact) mass is 343 g/mol. The third kappa shape index (κ3) is 4.46. The van der Waals surface area contributed by atoms with Crippen molar-refractivity contribution in [3.05, 3.63) is 11.4 Å². The van der Waals surface area contributed by atoms with Gasteiger partial charge in [-0.15, -0.1) is 0 Å². The zero-order valence-electron chi connectivity index (χ0n) is 11.0. The maximum absolute atomic E-state index is 11.9. The molecule has 0 aliphatic rings. The van der Waals surface area contributed by atoms with Crippen molar-refractivity contribution >= 4 is 35.5 Å². The second kappa shape index (κ2) is 5.70. The predicted octanol–water partition coefficient (Wildman–Crippen LogP) is -0.191. The maximum atomic E-state index is 11.9. The highest BCUT2D eigenvalue weighted by Crippen LogP contribution is 2.21. The van der Waals surface area contributed by atoms with E-state index in [1.54, 1.807) is 0 Å². The van der Waals surface area contributed by atoms with Crippen LogP contribution in [0.3, 0.4) is 0 Å². The number of aromatic amines is 1. The lowest BCUT2D eigenvalue weighted by Crippen LogP contribution is -2.38. The quantitative estimate of drug-likeness (QED) is 0.713. The van der Waals surface area contributed by atoms with Crippen LogP contribution in [0, 0.1) is 6.92 Å². The summed E-state index contributed by atoms with van der Waals surface area (Å²) in [6, 6.07) is -0.694. The second-order valence-corrected chi connectivity index (χ2v) is 9.12. The van der Waals surface area contributed by atoms with Gasteiger partial charge >= 0.3 is 0 Å². The van der Waals surface area contributed by atoms with E-state index in [0.717, 1.165) is 6.26 Å². The number of sulfone groups is 1. The minimum atomic E-state index is -4.14. The molecule has 0 saturated carbocycles. The second-order valence-electron chi connectivity index (χ2n) is 4.43. The summed E-state index contributed by atoms with van der Waals surface area (Å²) in [5.41, 5.74) is -0.265. The number of aromatic nitrogens is 2. The van der Waals surface area contributed by atoms with E-state index in [-0.39, 0.29) is 11.4 Å². The zero-order valence-corrected chi connectivity index (χ0v) is 13.4. The number of nitrogens with zero attached hydrogens (tertiary/aromatic N) is 1. The third-order valence-electron chi connectivity index (χ3n) is 2.28. The van der Waals surface area contributed by atoms with Crippen molar-refractivity contribution in [3.63, 3.8) is 0 Å². The number of aryl methyl sites for hydroxylation is 1. The Morgan fingerprint density at radius 1 is 1.40 bits per heavy atom. The summed E-state index contributed by atoms with van der Waals surface area (Å²) in [5, 5.41) is 8.29.